The van der Waals surface area contributed by atoms with E-state index in [1.165, 1.54) is 11.3 Å². The van der Waals surface area contributed by atoms with E-state index >= 15 is 0 Å². The Morgan fingerprint density at radius 2 is 2.21 bits per heavy atom. The number of rotatable bonds is 4. The molecule has 0 saturated carbocycles. The van der Waals surface area contributed by atoms with Crippen LogP contribution in [0, 0.1) is 6.92 Å². The lowest BCUT2D eigenvalue weighted by atomic mass is 10.2. The number of pyridine rings is 1. The molecule has 1 amide bonds. The van der Waals surface area contributed by atoms with Crippen LogP contribution in [-0.4, -0.2) is 22.4 Å². The summed E-state index contributed by atoms with van der Waals surface area (Å²) in [4.78, 5) is 21.6. The highest BCUT2D eigenvalue weighted by Gasteiger charge is 2.14. The highest BCUT2D eigenvalue weighted by molar-refractivity contribution is 9.10. The molecule has 2 rings (SSSR count). The number of hydrogen-bond donors (Lipinski definition) is 2. The van der Waals surface area contributed by atoms with Gasteiger partial charge in [-0.05, 0) is 35.8 Å². The Morgan fingerprint density at radius 1 is 1.42 bits per heavy atom. The van der Waals surface area contributed by atoms with E-state index in [2.05, 4.69) is 36.5 Å². The molecular weight excluding hydrogens is 328 g/mol. The first-order valence-electron chi connectivity index (χ1n) is 5.73. The molecule has 100 valence electrons. The fraction of sp³-hybridized carbons (Fsp3) is 0.250. The van der Waals surface area contributed by atoms with Gasteiger partial charge in [-0.1, -0.05) is 0 Å². The summed E-state index contributed by atoms with van der Waals surface area (Å²) < 4.78 is 0.759. The van der Waals surface area contributed by atoms with Crippen molar-refractivity contribution < 1.29 is 4.79 Å². The summed E-state index contributed by atoms with van der Waals surface area (Å²) >= 11 is 4.76. The molecule has 2 aromatic heterocycles. The number of nitrogens with one attached hydrogen (secondary N) is 2. The molecule has 0 atom stereocenters. The second-order valence-electron chi connectivity index (χ2n) is 3.81. The summed E-state index contributed by atoms with van der Waals surface area (Å²) in [5, 5.41) is 6.43. The molecule has 19 heavy (non-hydrogen) atoms. The SMILES string of the molecule is CCNc1ncc(Br)cc1C(=O)Nc1ncc(C)s1. The first-order valence-corrected chi connectivity index (χ1v) is 7.34. The lowest BCUT2D eigenvalue weighted by molar-refractivity contribution is 0.102. The van der Waals surface area contributed by atoms with E-state index in [4.69, 9.17) is 0 Å². The van der Waals surface area contributed by atoms with Crippen molar-refractivity contribution in [2.24, 2.45) is 0 Å². The molecule has 0 bridgehead atoms. The quantitative estimate of drug-likeness (QED) is 0.896. The minimum absolute atomic E-state index is 0.223. The third-order valence-corrected chi connectivity index (χ3v) is 3.55. The molecule has 0 aromatic carbocycles. The number of aromatic nitrogens is 2. The number of anilines is 2. The molecule has 0 unspecified atom stereocenters. The molecule has 2 N–H and O–H groups in total. The normalized spacial score (nSPS) is 10.3. The number of hydrogen-bond acceptors (Lipinski definition) is 5. The molecule has 0 aliphatic heterocycles. The zero-order valence-corrected chi connectivity index (χ0v) is 12.9. The van der Waals surface area contributed by atoms with Gasteiger partial charge in [0.15, 0.2) is 5.13 Å². The predicted molar refractivity (Wildman–Crippen MR) is 80.9 cm³/mol. The lowest BCUT2D eigenvalue weighted by Crippen LogP contribution is -2.15. The van der Waals surface area contributed by atoms with Crippen molar-refractivity contribution in [3.8, 4) is 0 Å². The largest absolute Gasteiger partial charge is 0.370 e. The minimum atomic E-state index is -0.223. The van der Waals surface area contributed by atoms with E-state index in [9.17, 15) is 4.79 Å². The average Bonchev–Trinajstić information content (AvgIpc) is 2.77. The van der Waals surface area contributed by atoms with Crippen LogP contribution >= 0.6 is 27.3 Å². The van der Waals surface area contributed by atoms with Gasteiger partial charge in [-0.3, -0.25) is 10.1 Å². The molecule has 0 fully saturated rings. The molecule has 2 aromatic rings. The Hall–Kier alpha value is -1.47. The summed E-state index contributed by atoms with van der Waals surface area (Å²) in [6.07, 6.45) is 3.38. The first-order chi connectivity index (χ1) is 9.10. The third kappa shape index (κ3) is 3.51. The molecule has 0 saturated heterocycles. The van der Waals surface area contributed by atoms with Gasteiger partial charge in [0.1, 0.15) is 5.82 Å². The number of carbonyl (C=O) groups is 1. The summed E-state index contributed by atoms with van der Waals surface area (Å²) in [7, 11) is 0. The van der Waals surface area contributed by atoms with Crippen LogP contribution in [0.2, 0.25) is 0 Å². The average molecular weight is 341 g/mol. The monoisotopic (exact) mass is 340 g/mol. The highest BCUT2D eigenvalue weighted by atomic mass is 79.9. The first kappa shape index (κ1) is 14.0. The molecule has 7 heteroatoms. The van der Waals surface area contributed by atoms with Gasteiger partial charge >= 0.3 is 0 Å². The summed E-state index contributed by atoms with van der Waals surface area (Å²) in [5.41, 5.74) is 0.490. The molecular formula is C12H13BrN4OS. The number of thiazole rings is 1. The van der Waals surface area contributed by atoms with E-state index < -0.39 is 0 Å². The number of halogens is 1. The fourth-order valence-corrected chi connectivity index (χ4v) is 2.49. The van der Waals surface area contributed by atoms with Gasteiger partial charge in [-0.15, -0.1) is 11.3 Å². The van der Waals surface area contributed by atoms with Crippen molar-refractivity contribution in [1.29, 1.82) is 0 Å². The van der Waals surface area contributed by atoms with Crippen molar-refractivity contribution in [2.45, 2.75) is 13.8 Å². The van der Waals surface area contributed by atoms with Gasteiger partial charge in [0.2, 0.25) is 0 Å². The van der Waals surface area contributed by atoms with Crippen molar-refractivity contribution in [3.63, 3.8) is 0 Å². The van der Waals surface area contributed by atoms with Gasteiger partial charge < -0.3 is 5.32 Å². The van der Waals surface area contributed by atoms with Crippen molar-refractivity contribution in [2.75, 3.05) is 17.2 Å². The van der Waals surface area contributed by atoms with Gasteiger partial charge in [0.25, 0.3) is 5.91 Å². The van der Waals surface area contributed by atoms with Crippen LogP contribution in [0.1, 0.15) is 22.2 Å². The van der Waals surface area contributed by atoms with Crippen LogP contribution in [-0.2, 0) is 0 Å². The minimum Gasteiger partial charge on any atom is -0.370 e. The Morgan fingerprint density at radius 3 is 2.84 bits per heavy atom. The van der Waals surface area contributed by atoms with Crippen molar-refractivity contribution in [3.05, 3.63) is 33.4 Å². The van der Waals surface area contributed by atoms with E-state index in [0.717, 1.165) is 9.35 Å². The van der Waals surface area contributed by atoms with Crippen LogP contribution in [0.3, 0.4) is 0 Å². The standard InChI is InChI=1S/C12H13BrN4OS/c1-3-14-10-9(4-8(13)6-15-10)11(18)17-12-16-5-7(2)19-12/h4-6H,3H2,1-2H3,(H,14,15)(H,16,17,18). The maximum absolute atomic E-state index is 12.2. The number of carbonyl (C=O) groups excluding carboxylic acids is 1. The highest BCUT2D eigenvalue weighted by Crippen LogP contribution is 2.21. The van der Waals surface area contributed by atoms with Crippen LogP contribution in [0.15, 0.2) is 22.9 Å². The third-order valence-electron chi connectivity index (χ3n) is 2.28. The fourth-order valence-electron chi connectivity index (χ4n) is 1.50. The molecule has 0 radical (unpaired) electrons. The second-order valence-corrected chi connectivity index (χ2v) is 5.96. The van der Waals surface area contributed by atoms with E-state index in [1.807, 2.05) is 13.8 Å². The van der Waals surface area contributed by atoms with E-state index in [1.54, 1.807) is 18.5 Å². The Bertz CT molecular complexity index is 599. The molecule has 0 aliphatic rings. The van der Waals surface area contributed by atoms with Crippen LogP contribution in [0.25, 0.3) is 0 Å². The Kier molecular flexibility index (Phi) is 4.49. The molecule has 2 heterocycles. The molecule has 5 nitrogen and oxygen atoms in total. The summed E-state index contributed by atoms with van der Waals surface area (Å²) in [6.45, 7) is 4.60. The molecule has 0 aliphatic carbocycles. The van der Waals surface area contributed by atoms with Gasteiger partial charge in [0, 0.05) is 28.3 Å². The summed E-state index contributed by atoms with van der Waals surface area (Å²) in [5.74, 6) is 0.343. The van der Waals surface area contributed by atoms with Crippen LogP contribution < -0.4 is 10.6 Å². The number of amides is 1. The van der Waals surface area contributed by atoms with Gasteiger partial charge in [0.05, 0.1) is 5.56 Å². The zero-order chi connectivity index (χ0) is 13.8. The number of nitrogens with zero attached hydrogens (tertiary/aromatic N) is 2. The lowest BCUT2D eigenvalue weighted by Gasteiger charge is -2.09. The number of aryl methyl sites for hydroxylation is 1. The summed E-state index contributed by atoms with van der Waals surface area (Å²) in [6, 6.07) is 1.74. The van der Waals surface area contributed by atoms with Crippen LogP contribution in [0.4, 0.5) is 10.9 Å². The second kappa shape index (κ2) is 6.12. The molecule has 0 spiro atoms. The predicted octanol–water partition coefficient (Wildman–Crippen LogP) is 3.29. The Labute approximate surface area is 123 Å². The Balaban J connectivity index is 2.24. The maximum atomic E-state index is 12.2. The van der Waals surface area contributed by atoms with E-state index in [-0.39, 0.29) is 5.91 Å². The van der Waals surface area contributed by atoms with Crippen LogP contribution in [0.5, 0.6) is 0 Å². The van der Waals surface area contributed by atoms with Crippen molar-refractivity contribution in [1.82, 2.24) is 9.97 Å². The smallest absolute Gasteiger partial charge is 0.261 e. The topological polar surface area (TPSA) is 66.9 Å². The van der Waals surface area contributed by atoms with E-state index in [0.29, 0.717) is 23.1 Å². The van der Waals surface area contributed by atoms with Gasteiger partial charge in [-0.25, -0.2) is 9.97 Å². The zero-order valence-electron chi connectivity index (χ0n) is 10.5. The van der Waals surface area contributed by atoms with Crippen molar-refractivity contribution >= 4 is 44.1 Å². The maximum Gasteiger partial charge on any atom is 0.261 e. The van der Waals surface area contributed by atoms with Gasteiger partial charge in [-0.2, -0.15) is 0 Å².